The monoisotopic (exact) mass is 250 g/mol. The van der Waals surface area contributed by atoms with Crippen molar-refractivity contribution in [2.45, 2.75) is 39.2 Å². The molecule has 1 aromatic rings. The van der Waals surface area contributed by atoms with E-state index in [4.69, 9.17) is 9.84 Å². The number of ether oxygens (including phenoxy) is 1. The molecule has 5 heteroatoms. The van der Waals surface area contributed by atoms with Crippen LogP contribution in [-0.4, -0.2) is 27.1 Å². The summed E-state index contributed by atoms with van der Waals surface area (Å²) in [6.07, 6.45) is 4.68. The molecular weight excluding hydrogens is 232 g/mol. The molecule has 0 bridgehead atoms. The van der Waals surface area contributed by atoms with E-state index in [1.54, 1.807) is 0 Å². The van der Waals surface area contributed by atoms with Gasteiger partial charge in [0.1, 0.15) is 6.10 Å². The van der Waals surface area contributed by atoms with E-state index >= 15 is 0 Å². The topological polar surface area (TPSA) is 72.3 Å². The van der Waals surface area contributed by atoms with Crippen LogP contribution in [0.5, 0.6) is 6.01 Å². The number of hydrogen-bond donors (Lipinski definition) is 1. The highest BCUT2D eigenvalue weighted by Crippen LogP contribution is 2.30. The summed E-state index contributed by atoms with van der Waals surface area (Å²) >= 11 is 0. The van der Waals surface area contributed by atoms with E-state index in [0.717, 1.165) is 12.8 Å². The van der Waals surface area contributed by atoms with Crippen molar-refractivity contribution < 1.29 is 14.6 Å². The van der Waals surface area contributed by atoms with Crippen molar-refractivity contribution >= 4 is 5.97 Å². The van der Waals surface area contributed by atoms with Crippen LogP contribution >= 0.6 is 0 Å². The molecular formula is C13H18N2O3. The molecule has 0 amide bonds. The lowest BCUT2D eigenvalue weighted by atomic mass is 9.82. The minimum absolute atomic E-state index is 0.0306. The van der Waals surface area contributed by atoms with Crippen molar-refractivity contribution in [3.05, 3.63) is 18.0 Å². The first-order valence-electron chi connectivity index (χ1n) is 6.27. The molecule has 0 radical (unpaired) electrons. The third-order valence-electron chi connectivity index (χ3n) is 3.26. The quantitative estimate of drug-likeness (QED) is 0.891. The molecule has 5 nitrogen and oxygen atoms in total. The third-order valence-corrected chi connectivity index (χ3v) is 3.26. The van der Waals surface area contributed by atoms with Gasteiger partial charge in [0.15, 0.2) is 5.69 Å². The first-order chi connectivity index (χ1) is 8.54. The highest BCUT2D eigenvalue weighted by atomic mass is 16.5. The molecule has 2 unspecified atom stereocenters. The van der Waals surface area contributed by atoms with Gasteiger partial charge in [-0.3, -0.25) is 0 Å². The molecule has 1 aromatic heterocycles. The third kappa shape index (κ3) is 3.18. The summed E-state index contributed by atoms with van der Waals surface area (Å²) in [5.41, 5.74) is -0.0306. The van der Waals surface area contributed by atoms with Gasteiger partial charge in [-0.05, 0) is 37.2 Å². The highest BCUT2D eigenvalue weighted by molar-refractivity contribution is 5.85. The van der Waals surface area contributed by atoms with Crippen molar-refractivity contribution in [3.8, 4) is 6.01 Å². The second kappa shape index (κ2) is 5.33. The summed E-state index contributed by atoms with van der Waals surface area (Å²) in [4.78, 5) is 18.7. The van der Waals surface area contributed by atoms with Gasteiger partial charge in [0, 0.05) is 6.20 Å². The summed E-state index contributed by atoms with van der Waals surface area (Å²) < 4.78 is 5.70. The molecule has 0 spiro atoms. The maximum atomic E-state index is 10.8. The highest BCUT2D eigenvalue weighted by Gasteiger charge is 2.26. The fraction of sp³-hybridized carbons (Fsp3) is 0.615. The van der Waals surface area contributed by atoms with E-state index in [0.29, 0.717) is 11.8 Å². The van der Waals surface area contributed by atoms with Crippen LogP contribution < -0.4 is 4.74 Å². The largest absolute Gasteiger partial charge is 0.477 e. The Balaban J connectivity index is 2.04. The minimum atomic E-state index is -1.06. The molecule has 1 heterocycles. The van der Waals surface area contributed by atoms with Crippen LogP contribution in [0.15, 0.2) is 12.3 Å². The zero-order valence-corrected chi connectivity index (χ0v) is 10.7. The molecule has 2 rings (SSSR count). The number of carboxylic acids is 1. The number of nitrogens with zero attached hydrogens (tertiary/aromatic N) is 2. The fourth-order valence-corrected chi connectivity index (χ4v) is 2.64. The Hall–Kier alpha value is -1.65. The second-order valence-electron chi connectivity index (χ2n) is 5.19. The predicted molar refractivity (Wildman–Crippen MR) is 65.6 cm³/mol. The van der Waals surface area contributed by atoms with E-state index < -0.39 is 5.97 Å². The van der Waals surface area contributed by atoms with Gasteiger partial charge in [-0.25, -0.2) is 9.78 Å². The Morgan fingerprint density at radius 2 is 2.00 bits per heavy atom. The lowest BCUT2D eigenvalue weighted by Gasteiger charge is -2.30. The lowest BCUT2D eigenvalue weighted by Crippen LogP contribution is -2.29. The van der Waals surface area contributed by atoms with Gasteiger partial charge < -0.3 is 9.84 Å². The molecule has 1 aliphatic rings. The summed E-state index contributed by atoms with van der Waals surface area (Å²) in [6, 6.07) is 1.53. The maximum Gasteiger partial charge on any atom is 0.354 e. The average molecular weight is 250 g/mol. The molecule has 0 saturated heterocycles. The Morgan fingerprint density at radius 3 is 2.61 bits per heavy atom. The van der Waals surface area contributed by atoms with Gasteiger partial charge in [-0.2, -0.15) is 4.98 Å². The molecule has 98 valence electrons. The molecule has 1 fully saturated rings. The second-order valence-corrected chi connectivity index (χ2v) is 5.19. The zero-order chi connectivity index (χ0) is 13.1. The van der Waals surface area contributed by atoms with E-state index in [1.807, 2.05) is 0 Å². The molecule has 1 aliphatic carbocycles. The minimum Gasteiger partial charge on any atom is -0.477 e. The SMILES string of the molecule is CC1CC(C)CC(Oc2nccc(C(=O)O)n2)C1. The Kier molecular flexibility index (Phi) is 3.79. The van der Waals surface area contributed by atoms with Crippen LogP contribution in [0.1, 0.15) is 43.6 Å². The Bertz CT molecular complexity index is 426. The molecule has 1 N–H and O–H groups in total. The summed E-state index contributed by atoms with van der Waals surface area (Å²) in [6.45, 7) is 4.42. The number of carbonyl (C=O) groups is 1. The van der Waals surface area contributed by atoms with E-state index in [2.05, 4.69) is 23.8 Å². The molecule has 18 heavy (non-hydrogen) atoms. The standard InChI is InChI=1S/C13H18N2O3/c1-8-5-9(2)7-10(6-8)18-13-14-4-3-11(15-13)12(16)17/h3-4,8-10H,5-7H2,1-2H3,(H,16,17). The van der Waals surface area contributed by atoms with Crippen LogP contribution in [0, 0.1) is 11.8 Å². The molecule has 1 saturated carbocycles. The van der Waals surface area contributed by atoms with E-state index in [1.165, 1.54) is 18.7 Å². The smallest absolute Gasteiger partial charge is 0.354 e. The van der Waals surface area contributed by atoms with Crippen LogP contribution in [0.3, 0.4) is 0 Å². The van der Waals surface area contributed by atoms with Crippen LogP contribution in [0.4, 0.5) is 0 Å². The lowest BCUT2D eigenvalue weighted by molar-refractivity contribution is 0.0679. The fourth-order valence-electron chi connectivity index (χ4n) is 2.64. The summed E-state index contributed by atoms with van der Waals surface area (Å²) in [5, 5.41) is 8.85. The summed E-state index contributed by atoms with van der Waals surface area (Å²) in [7, 11) is 0. The van der Waals surface area contributed by atoms with Gasteiger partial charge in [0.05, 0.1) is 0 Å². The number of aromatic carboxylic acids is 1. The first kappa shape index (κ1) is 12.8. The maximum absolute atomic E-state index is 10.8. The Labute approximate surface area is 106 Å². The number of carboxylic acid groups (broad SMARTS) is 1. The van der Waals surface area contributed by atoms with Crippen LogP contribution in [-0.2, 0) is 0 Å². The van der Waals surface area contributed by atoms with Gasteiger partial charge in [0.2, 0.25) is 0 Å². The number of rotatable bonds is 3. The van der Waals surface area contributed by atoms with Crippen molar-refractivity contribution in [2.75, 3.05) is 0 Å². The average Bonchev–Trinajstić information content (AvgIpc) is 2.27. The summed E-state index contributed by atoms with van der Waals surface area (Å²) in [5.74, 6) is 0.190. The van der Waals surface area contributed by atoms with Crippen LogP contribution in [0.25, 0.3) is 0 Å². The molecule has 0 aliphatic heterocycles. The van der Waals surface area contributed by atoms with E-state index in [9.17, 15) is 4.79 Å². The zero-order valence-electron chi connectivity index (χ0n) is 10.7. The molecule has 0 aromatic carbocycles. The van der Waals surface area contributed by atoms with E-state index in [-0.39, 0.29) is 17.8 Å². The van der Waals surface area contributed by atoms with Crippen molar-refractivity contribution in [1.82, 2.24) is 9.97 Å². The van der Waals surface area contributed by atoms with Crippen molar-refractivity contribution in [3.63, 3.8) is 0 Å². The van der Waals surface area contributed by atoms with Crippen molar-refractivity contribution in [1.29, 1.82) is 0 Å². The van der Waals surface area contributed by atoms with Gasteiger partial charge >= 0.3 is 12.0 Å². The predicted octanol–water partition coefficient (Wildman–Crippen LogP) is 2.38. The number of aromatic nitrogens is 2. The van der Waals surface area contributed by atoms with Crippen molar-refractivity contribution in [2.24, 2.45) is 11.8 Å². The van der Waals surface area contributed by atoms with Gasteiger partial charge in [-0.15, -0.1) is 0 Å². The molecule has 2 atom stereocenters. The van der Waals surface area contributed by atoms with Gasteiger partial charge in [0.25, 0.3) is 0 Å². The number of hydrogen-bond acceptors (Lipinski definition) is 4. The Morgan fingerprint density at radius 1 is 1.33 bits per heavy atom. The normalized spacial score (nSPS) is 27.8. The van der Waals surface area contributed by atoms with Crippen LogP contribution in [0.2, 0.25) is 0 Å². The van der Waals surface area contributed by atoms with Gasteiger partial charge in [-0.1, -0.05) is 13.8 Å². The first-order valence-corrected chi connectivity index (χ1v) is 6.27.